The van der Waals surface area contributed by atoms with E-state index in [0.717, 1.165) is 4.90 Å². The molecule has 0 saturated carbocycles. The summed E-state index contributed by atoms with van der Waals surface area (Å²) in [5.41, 5.74) is 0. The summed E-state index contributed by atoms with van der Waals surface area (Å²) in [6, 6.07) is -0.549. The van der Waals surface area contributed by atoms with Crippen LogP contribution in [0.25, 0.3) is 0 Å². The maximum absolute atomic E-state index is 11.1. The van der Waals surface area contributed by atoms with Gasteiger partial charge < -0.3 is 5.11 Å². The minimum atomic E-state index is -0.549. The molecular formula is C8H11NO3. The van der Waals surface area contributed by atoms with Gasteiger partial charge in [-0.15, -0.1) is 6.58 Å². The zero-order valence-corrected chi connectivity index (χ0v) is 6.69. The summed E-state index contributed by atoms with van der Waals surface area (Å²) in [7, 11) is 0. The molecule has 2 amide bonds. The van der Waals surface area contributed by atoms with Crippen molar-refractivity contribution < 1.29 is 14.7 Å². The first kappa shape index (κ1) is 8.93. The zero-order valence-electron chi connectivity index (χ0n) is 6.69. The summed E-state index contributed by atoms with van der Waals surface area (Å²) in [5.74, 6) is -0.446. The fraction of sp³-hybridized carbons (Fsp3) is 0.500. The Morgan fingerprint density at radius 2 is 2.00 bits per heavy atom. The number of amides is 2. The van der Waals surface area contributed by atoms with Gasteiger partial charge in [0.05, 0.1) is 12.6 Å². The summed E-state index contributed by atoms with van der Waals surface area (Å²) in [6.07, 6.45) is 1.91. The highest BCUT2D eigenvalue weighted by Crippen LogP contribution is 2.15. The minimum Gasteiger partial charge on any atom is -0.394 e. The maximum atomic E-state index is 11.1. The SMILES string of the molecule is C=C[C@H](CO)N1C(=O)CCC1=O. The molecule has 0 aromatic carbocycles. The van der Waals surface area contributed by atoms with Crippen molar-refractivity contribution in [3.05, 3.63) is 12.7 Å². The van der Waals surface area contributed by atoms with Crippen LogP contribution in [0.2, 0.25) is 0 Å². The second-order valence-electron chi connectivity index (χ2n) is 2.64. The molecule has 1 fully saturated rings. The Morgan fingerprint density at radius 1 is 1.50 bits per heavy atom. The van der Waals surface area contributed by atoms with Gasteiger partial charge in [0.15, 0.2) is 0 Å². The normalized spacial score (nSPS) is 19.9. The molecule has 1 aliphatic heterocycles. The average molecular weight is 169 g/mol. The number of carbonyl (C=O) groups is 2. The van der Waals surface area contributed by atoms with E-state index in [2.05, 4.69) is 6.58 Å². The lowest BCUT2D eigenvalue weighted by Crippen LogP contribution is -2.40. The molecule has 66 valence electrons. The van der Waals surface area contributed by atoms with Gasteiger partial charge in [-0.1, -0.05) is 6.08 Å². The molecule has 4 nitrogen and oxygen atoms in total. The Morgan fingerprint density at radius 3 is 2.33 bits per heavy atom. The van der Waals surface area contributed by atoms with Crippen LogP contribution in [0.4, 0.5) is 0 Å². The second-order valence-corrected chi connectivity index (χ2v) is 2.64. The Kier molecular flexibility index (Phi) is 2.60. The lowest BCUT2D eigenvalue weighted by atomic mass is 10.3. The predicted octanol–water partition coefficient (Wildman–Crippen LogP) is -0.318. The first-order valence-electron chi connectivity index (χ1n) is 3.79. The van der Waals surface area contributed by atoms with Crippen LogP contribution in [0, 0.1) is 0 Å². The Balaban J connectivity index is 2.76. The standard InChI is InChI=1S/C8H11NO3/c1-2-6(5-10)9-7(11)3-4-8(9)12/h2,6,10H,1,3-5H2/t6-/m1/s1. The molecule has 1 saturated heterocycles. The molecule has 12 heavy (non-hydrogen) atoms. The van der Waals surface area contributed by atoms with E-state index in [1.54, 1.807) is 0 Å². The quantitative estimate of drug-likeness (QED) is 0.465. The van der Waals surface area contributed by atoms with E-state index in [9.17, 15) is 9.59 Å². The molecule has 1 heterocycles. The van der Waals surface area contributed by atoms with E-state index in [1.807, 2.05) is 0 Å². The van der Waals surface area contributed by atoms with Crippen molar-refractivity contribution in [2.24, 2.45) is 0 Å². The van der Waals surface area contributed by atoms with Gasteiger partial charge >= 0.3 is 0 Å². The third kappa shape index (κ3) is 1.38. The number of rotatable bonds is 3. The van der Waals surface area contributed by atoms with Crippen molar-refractivity contribution in [3.63, 3.8) is 0 Å². The van der Waals surface area contributed by atoms with Crippen molar-refractivity contribution in [1.82, 2.24) is 4.90 Å². The van der Waals surface area contributed by atoms with Crippen LogP contribution in [-0.2, 0) is 9.59 Å². The molecule has 1 aliphatic rings. The third-order valence-corrected chi connectivity index (χ3v) is 1.88. The number of hydrogen-bond donors (Lipinski definition) is 1. The Hall–Kier alpha value is -1.16. The second kappa shape index (κ2) is 3.49. The molecule has 0 spiro atoms. The van der Waals surface area contributed by atoms with E-state index >= 15 is 0 Å². The molecule has 4 heteroatoms. The summed E-state index contributed by atoms with van der Waals surface area (Å²) in [4.78, 5) is 23.3. The molecule has 0 aliphatic carbocycles. The van der Waals surface area contributed by atoms with Crippen LogP contribution < -0.4 is 0 Å². The van der Waals surface area contributed by atoms with Crippen LogP contribution in [-0.4, -0.2) is 34.5 Å². The first-order valence-corrected chi connectivity index (χ1v) is 3.79. The minimum absolute atomic E-state index is 0.223. The summed E-state index contributed by atoms with van der Waals surface area (Å²) in [6.45, 7) is 3.19. The highest BCUT2D eigenvalue weighted by atomic mass is 16.3. The number of imide groups is 1. The van der Waals surface area contributed by atoms with Gasteiger partial charge in [-0.2, -0.15) is 0 Å². The Bertz CT molecular complexity index is 208. The number of nitrogens with zero attached hydrogens (tertiary/aromatic N) is 1. The first-order chi connectivity index (χ1) is 5.70. The van der Waals surface area contributed by atoms with E-state index in [0.29, 0.717) is 0 Å². The van der Waals surface area contributed by atoms with Gasteiger partial charge in [-0.25, -0.2) is 0 Å². The van der Waals surface area contributed by atoms with Gasteiger partial charge in [0.25, 0.3) is 0 Å². The third-order valence-electron chi connectivity index (χ3n) is 1.88. The van der Waals surface area contributed by atoms with Crippen LogP contribution in [0.15, 0.2) is 12.7 Å². The van der Waals surface area contributed by atoms with Gasteiger partial charge in [0.2, 0.25) is 11.8 Å². The summed E-state index contributed by atoms with van der Waals surface area (Å²) >= 11 is 0. The molecule has 1 N–H and O–H groups in total. The highest BCUT2D eigenvalue weighted by Gasteiger charge is 2.32. The van der Waals surface area contributed by atoms with Crippen LogP contribution >= 0.6 is 0 Å². The number of hydrogen-bond acceptors (Lipinski definition) is 3. The van der Waals surface area contributed by atoms with Crippen LogP contribution in [0.1, 0.15) is 12.8 Å². The van der Waals surface area contributed by atoms with E-state index in [4.69, 9.17) is 5.11 Å². The maximum Gasteiger partial charge on any atom is 0.230 e. The van der Waals surface area contributed by atoms with Crippen LogP contribution in [0.5, 0.6) is 0 Å². The van der Waals surface area contributed by atoms with Crippen LogP contribution in [0.3, 0.4) is 0 Å². The van der Waals surface area contributed by atoms with Gasteiger partial charge in [0, 0.05) is 12.8 Å². The number of likely N-dealkylation sites (tertiary alicyclic amines) is 1. The molecular weight excluding hydrogens is 158 g/mol. The average Bonchev–Trinajstić information content (AvgIpc) is 2.38. The van der Waals surface area contributed by atoms with Crippen molar-refractivity contribution in [3.8, 4) is 0 Å². The molecule has 1 rings (SSSR count). The molecule has 0 aromatic heterocycles. The van der Waals surface area contributed by atoms with E-state index in [1.165, 1.54) is 6.08 Å². The topological polar surface area (TPSA) is 57.6 Å². The fourth-order valence-corrected chi connectivity index (χ4v) is 1.23. The molecule has 0 unspecified atom stereocenters. The number of aliphatic hydroxyl groups excluding tert-OH is 1. The molecule has 1 atom stereocenters. The fourth-order valence-electron chi connectivity index (χ4n) is 1.23. The van der Waals surface area contributed by atoms with E-state index < -0.39 is 6.04 Å². The smallest absolute Gasteiger partial charge is 0.230 e. The number of aliphatic hydroxyl groups is 1. The summed E-state index contributed by atoms with van der Waals surface area (Å²) < 4.78 is 0. The summed E-state index contributed by atoms with van der Waals surface area (Å²) in [5, 5.41) is 8.80. The highest BCUT2D eigenvalue weighted by molar-refractivity contribution is 6.02. The molecule has 0 radical (unpaired) electrons. The Labute approximate surface area is 70.5 Å². The van der Waals surface area contributed by atoms with Crippen molar-refractivity contribution >= 4 is 11.8 Å². The van der Waals surface area contributed by atoms with Gasteiger partial charge in [-0.3, -0.25) is 14.5 Å². The number of carbonyl (C=O) groups excluding carboxylic acids is 2. The van der Waals surface area contributed by atoms with Crippen molar-refractivity contribution in [2.45, 2.75) is 18.9 Å². The predicted molar refractivity (Wildman–Crippen MR) is 42.2 cm³/mol. The molecule has 0 bridgehead atoms. The monoisotopic (exact) mass is 169 g/mol. The lowest BCUT2D eigenvalue weighted by Gasteiger charge is -2.20. The molecule has 0 aromatic rings. The zero-order chi connectivity index (χ0) is 9.14. The van der Waals surface area contributed by atoms with Gasteiger partial charge in [0.1, 0.15) is 0 Å². The lowest BCUT2D eigenvalue weighted by molar-refractivity contribution is -0.140. The van der Waals surface area contributed by atoms with Crippen molar-refractivity contribution in [2.75, 3.05) is 6.61 Å². The van der Waals surface area contributed by atoms with Crippen molar-refractivity contribution in [1.29, 1.82) is 0 Å². The largest absolute Gasteiger partial charge is 0.394 e. The van der Waals surface area contributed by atoms with E-state index in [-0.39, 0.29) is 31.3 Å². The van der Waals surface area contributed by atoms with Gasteiger partial charge in [-0.05, 0) is 0 Å².